The Hall–Kier alpha value is -2.51. The van der Waals surface area contributed by atoms with Gasteiger partial charge in [-0.25, -0.2) is 0 Å². The molecule has 0 unspecified atom stereocenters. The van der Waals surface area contributed by atoms with Crippen molar-refractivity contribution >= 4 is 46.6 Å². The van der Waals surface area contributed by atoms with Crippen LogP contribution < -0.4 is 0 Å². The van der Waals surface area contributed by atoms with Crippen LogP contribution in [0.3, 0.4) is 0 Å². The molecule has 0 atom stereocenters. The summed E-state index contributed by atoms with van der Waals surface area (Å²) in [6.07, 6.45) is 1.16. The number of amides is 2. The van der Waals surface area contributed by atoms with Crippen LogP contribution >= 0.6 is 23.4 Å². The molecule has 0 spiro atoms. The molecule has 0 saturated carbocycles. The van der Waals surface area contributed by atoms with Crippen molar-refractivity contribution in [3.8, 4) is 11.3 Å². The molecule has 140 valence electrons. The Labute approximate surface area is 165 Å². The van der Waals surface area contributed by atoms with Crippen molar-refractivity contribution in [1.29, 1.82) is 0 Å². The number of carbonyl (C=O) groups is 3. The SMILES string of the molecule is CC(C)OC(=O)CN1C(=O)S/C(=C\c2ccc(-c3cccc(Cl)c3)o2)C1=O. The van der Waals surface area contributed by atoms with Crippen LogP contribution in [-0.4, -0.2) is 34.7 Å². The molecule has 2 aromatic rings. The summed E-state index contributed by atoms with van der Waals surface area (Å²) in [6.45, 7) is 2.98. The Morgan fingerprint density at radius 2 is 2.07 bits per heavy atom. The average Bonchev–Trinajstić information content (AvgIpc) is 3.15. The minimum Gasteiger partial charge on any atom is -0.462 e. The third kappa shape index (κ3) is 4.61. The van der Waals surface area contributed by atoms with Gasteiger partial charge >= 0.3 is 5.97 Å². The molecule has 2 amide bonds. The fourth-order valence-corrected chi connectivity index (χ4v) is 3.43. The number of thioether (sulfide) groups is 1. The molecule has 0 N–H and O–H groups in total. The normalized spacial score (nSPS) is 15.9. The predicted molar refractivity (Wildman–Crippen MR) is 103 cm³/mol. The van der Waals surface area contributed by atoms with Gasteiger partial charge in [-0.05, 0) is 49.9 Å². The topological polar surface area (TPSA) is 76.8 Å². The first-order valence-electron chi connectivity index (χ1n) is 8.14. The van der Waals surface area contributed by atoms with Crippen molar-refractivity contribution in [1.82, 2.24) is 4.90 Å². The molecule has 0 bridgehead atoms. The first-order chi connectivity index (χ1) is 12.8. The van der Waals surface area contributed by atoms with E-state index in [0.29, 0.717) is 16.5 Å². The summed E-state index contributed by atoms with van der Waals surface area (Å²) in [6, 6.07) is 10.6. The lowest BCUT2D eigenvalue weighted by molar-refractivity contribution is -0.149. The maximum atomic E-state index is 12.4. The number of esters is 1. The second-order valence-electron chi connectivity index (χ2n) is 6.02. The fraction of sp³-hybridized carbons (Fsp3) is 0.211. The van der Waals surface area contributed by atoms with Crippen molar-refractivity contribution in [2.45, 2.75) is 20.0 Å². The van der Waals surface area contributed by atoms with E-state index in [1.165, 1.54) is 6.08 Å². The van der Waals surface area contributed by atoms with Crippen molar-refractivity contribution in [2.24, 2.45) is 0 Å². The summed E-state index contributed by atoms with van der Waals surface area (Å²) < 4.78 is 10.7. The molecule has 2 heterocycles. The van der Waals surface area contributed by atoms with Crippen molar-refractivity contribution < 1.29 is 23.5 Å². The van der Waals surface area contributed by atoms with E-state index in [-0.39, 0.29) is 11.0 Å². The van der Waals surface area contributed by atoms with E-state index in [4.69, 9.17) is 20.8 Å². The van der Waals surface area contributed by atoms with Gasteiger partial charge < -0.3 is 9.15 Å². The maximum Gasteiger partial charge on any atom is 0.326 e. The van der Waals surface area contributed by atoms with E-state index in [1.807, 2.05) is 12.1 Å². The number of benzene rings is 1. The second kappa shape index (κ2) is 8.02. The number of ether oxygens (including phenoxy) is 1. The molecule has 1 saturated heterocycles. The van der Waals surface area contributed by atoms with Crippen LogP contribution in [0.1, 0.15) is 19.6 Å². The summed E-state index contributed by atoms with van der Waals surface area (Å²) in [4.78, 5) is 37.2. The van der Waals surface area contributed by atoms with Crippen LogP contribution in [0.25, 0.3) is 17.4 Å². The van der Waals surface area contributed by atoms with Crippen molar-refractivity contribution in [3.63, 3.8) is 0 Å². The van der Waals surface area contributed by atoms with E-state index in [0.717, 1.165) is 22.2 Å². The lowest BCUT2D eigenvalue weighted by atomic mass is 10.2. The smallest absolute Gasteiger partial charge is 0.326 e. The highest BCUT2D eigenvalue weighted by Gasteiger charge is 2.37. The van der Waals surface area contributed by atoms with Gasteiger partial charge in [0.1, 0.15) is 18.1 Å². The molecule has 0 aliphatic carbocycles. The van der Waals surface area contributed by atoms with Gasteiger partial charge in [0, 0.05) is 16.7 Å². The molecule has 0 radical (unpaired) electrons. The van der Waals surface area contributed by atoms with Gasteiger partial charge in [0.05, 0.1) is 11.0 Å². The lowest BCUT2D eigenvalue weighted by Crippen LogP contribution is -2.35. The number of carbonyl (C=O) groups excluding carboxylic acids is 3. The molecule has 1 aromatic heterocycles. The summed E-state index contributed by atoms with van der Waals surface area (Å²) >= 11 is 6.74. The van der Waals surface area contributed by atoms with Crippen LogP contribution in [0.2, 0.25) is 5.02 Å². The third-order valence-corrected chi connectivity index (χ3v) is 4.68. The van der Waals surface area contributed by atoms with Gasteiger partial charge in [-0.3, -0.25) is 19.3 Å². The first kappa shape index (κ1) is 19.3. The zero-order valence-corrected chi connectivity index (χ0v) is 16.2. The number of rotatable bonds is 5. The van der Waals surface area contributed by atoms with Crippen LogP contribution in [0.5, 0.6) is 0 Å². The van der Waals surface area contributed by atoms with Crippen LogP contribution in [0, 0.1) is 0 Å². The highest BCUT2D eigenvalue weighted by atomic mass is 35.5. The van der Waals surface area contributed by atoms with Crippen LogP contribution in [0.4, 0.5) is 4.79 Å². The number of hydrogen-bond acceptors (Lipinski definition) is 6. The predicted octanol–water partition coefficient (Wildman–Crippen LogP) is 4.59. The molecule has 6 nitrogen and oxygen atoms in total. The summed E-state index contributed by atoms with van der Waals surface area (Å²) in [5.41, 5.74) is 0.798. The Kier molecular flexibility index (Phi) is 5.72. The third-order valence-electron chi connectivity index (χ3n) is 3.54. The monoisotopic (exact) mass is 405 g/mol. The fourth-order valence-electron chi connectivity index (χ4n) is 2.42. The van der Waals surface area contributed by atoms with Crippen molar-refractivity contribution in [2.75, 3.05) is 6.54 Å². The van der Waals surface area contributed by atoms with Gasteiger partial charge in [0.25, 0.3) is 11.1 Å². The first-order valence-corrected chi connectivity index (χ1v) is 9.33. The standard InChI is InChI=1S/C19H16ClNO5S/c1-11(2)25-17(22)10-21-18(23)16(27-19(21)24)9-14-6-7-15(26-14)12-4-3-5-13(20)8-12/h3-9,11H,10H2,1-2H3/b16-9-. The Morgan fingerprint density at radius 1 is 1.30 bits per heavy atom. The number of imide groups is 1. The quantitative estimate of drug-likeness (QED) is 0.535. The minimum atomic E-state index is -0.630. The lowest BCUT2D eigenvalue weighted by Gasteiger charge is -2.13. The molecule has 1 aromatic carbocycles. The van der Waals surface area contributed by atoms with E-state index < -0.39 is 23.7 Å². The summed E-state index contributed by atoms with van der Waals surface area (Å²) in [7, 11) is 0. The van der Waals surface area contributed by atoms with Crippen LogP contribution in [0.15, 0.2) is 45.7 Å². The highest BCUT2D eigenvalue weighted by Crippen LogP contribution is 2.33. The number of halogens is 1. The van der Waals surface area contributed by atoms with Crippen molar-refractivity contribution in [3.05, 3.63) is 52.1 Å². The Balaban J connectivity index is 1.75. The Morgan fingerprint density at radius 3 is 2.78 bits per heavy atom. The van der Waals surface area contributed by atoms with E-state index in [1.54, 1.807) is 38.1 Å². The molecular formula is C19H16ClNO5S. The minimum absolute atomic E-state index is 0.185. The Bertz CT molecular complexity index is 934. The number of furan rings is 1. The largest absolute Gasteiger partial charge is 0.462 e. The van der Waals surface area contributed by atoms with Gasteiger partial charge in [-0.2, -0.15) is 0 Å². The second-order valence-corrected chi connectivity index (χ2v) is 7.45. The van der Waals surface area contributed by atoms with Gasteiger partial charge in [0.2, 0.25) is 0 Å². The zero-order chi connectivity index (χ0) is 19.6. The average molecular weight is 406 g/mol. The van der Waals surface area contributed by atoms with Gasteiger partial charge in [0.15, 0.2) is 0 Å². The highest BCUT2D eigenvalue weighted by molar-refractivity contribution is 8.18. The van der Waals surface area contributed by atoms with E-state index in [2.05, 4.69) is 0 Å². The number of hydrogen-bond donors (Lipinski definition) is 0. The maximum absolute atomic E-state index is 12.4. The van der Waals surface area contributed by atoms with Gasteiger partial charge in [-0.15, -0.1) is 0 Å². The summed E-state index contributed by atoms with van der Waals surface area (Å²) in [5.74, 6) is -0.176. The van der Waals surface area contributed by atoms with E-state index in [9.17, 15) is 14.4 Å². The summed E-state index contributed by atoms with van der Waals surface area (Å²) in [5, 5.41) is 0.0634. The molecule has 8 heteroatoms. The van der Waals surface area contributed by atoms with Gasteiger partial charge in [-0.1, -0.05) is 23.7 Å². The number of nitrogens with zero attached hydrogens (tertiary/aromatic N) is 1. The molecule has 1 aliphatic rings. The van der Waals surface area contributed by atoms with E-state index >= 15 is 0 Å². The molecule has 1 fully saturated rings. The molecular weight excluding hydrogens is 390 g/mol. The molecule has 27 heavy (non-hydrogen) atoms. The molecule has 1 aliphatic heterocycles. The zero-order valence-electron chi connectivity index (χ0n) is 14.6. The molecule has 3 rings (SSSR count). The van der Waals surface area contributed by atoms with Crippen LogP contribution in [-0.2, 0) is 14.3 Å².